The molecule has 0 spiro atoms. The summed E-state index contributed by atoms with van der Waals surface area (Å²) in [7, 11) is 3.85. The predicted octanol–water partition coefficient (Wildman–Crippen LogP) is -0.128. The number of hydrogen-bond donors (Lipinski definition) is 0. The fraction of sp³-hybridized carbons (Fsp3) is 0.200. The Balaban J connectivity index is 2.57. The molecule has 2 rings (SSSR count). The molecule has 0 unspecified atom stereocenters. The third-order valence-electron chi connectivity index (χ3n) is 2.08. The fourth-order valence-corrected chi connectivity index (χ4v) is 1.16. The zero-order valence-electron chi connectivity index (χ0n) is 8.70. The van der Waals surface area contributed by atoms with Gasteiger partial charge in [-0.3, -0.25) is 9.97 Å². The molecule has 0 aromatic carbocycles. The van der Waals surface area contributed by atoms with Crippen LogP contribution >= 0.6 is 0 Å². The van der Waals surface area contributed by atoms with Crippen LogP contribution < -0.4 is 10.1 Å². The van der Waals surface area contributed by atoms with Gasteiger partial charge in [-0.15, -0.1) is 0 Å². The van der Waals surface area contributed by atoms with E-state index in [-0.39, 0.29) is 0 Å². The molecule has 0 N–H and O–H groups in total. The Morgan fingerprint density at radius 3 is 2.80 bits per heavy atom. The van der Waals surface area contributed by atoms with Crippen LogP contribution in [0.2, 0.25) is 0 Å². The summed E-state index contributed by atoms with van der Waals surface area (Å²) in [4.78, 5) is 12.5. The van der Waals surface area contributed by atoms with Crippen molar-refractivity contribution in [2.75, 3.05) is 0 Å². The maximum Gasteiger partial charge on any atom is 0.343 e. The zero-order chi connectivity index (χ0) is 10.7. The first-order chi connectivity index (χ1) is 7.27. The SMILES string of the molecule is Cn1ccncc1=Nc1cncc[n+]1C. The largest absolute Gasteiger partial charge is 0.343 e. The summed E-state index contributed by atoms with van der Waals surface area (Å²) in [6.07, 6.45) is 10.6. The van der Waals surface area contributed by atoms with Gasteiger partial charge in [0, 0.05) is 19.4 Å². The molecule has 0 fully saturated rings. The van der Waals surface area contributed by atoms with E-state index < -0.39 is 0 Å². The fourth-order valence-electron chi connectivity index (χ4n) is 1.16. The van der Waals surface area contributed by atoms with Crippen LogP contribution in [-0.2, 0) is 14.1 Å². The van der Waals surface area contributed by atoms with Crippen molar-refractivity contribution in [3.05, 3.63) is 42.7 Å². The summed E-state index contributed by atoms with van der Waals surface area (Å²) in [5.74, 6) is 0.793. The molecule has 0 saturated carbocycles. The summed E-state index contributed by atoms with van der Waals surface area (Å²) in [6, 6.07) is 0. The van der Waals surface area contributed by atoms with E-state index in [0.29, 0.717) is 0 Å². The Labute approximate surface area is 87.4 Å². The van der Waals surface area contributed by atoms with E-state index >= 15 is 0 Å². The summed E-state index contributed by atoms with van der Waals surface area (Å²) < 4.78 is 3.81. The van der Waals surface area contributed by atoms with Crippen LogP contribution in [0.3, 0.4) is 0 Å². The van der Waals surface area contributed by atoms with Crippen LogP contribution in [-0.4, -0.2) is 14.5 Å². The second-order valence-corrected chi connectivity index (χ2v) is 3.20. The summed E-state index contributed by atoms with van der Waals surface area (Å²) in [5.41, 5.74) is 0.793. The minimum Gasteiger partial charge on any atom is -0.313 e. The second-order valence-electron chi connectivity index (χ2n) is 3.20. The van der Waals surface area contributed by atoms with E-state index in [9.17, 15) is 0 Å². The molecular formula is C10H12N5+. The molecule has 0 saturated heterocycles. The minimum absolute atomic E-state index is 0.793. The molecule has 0 atom stereocenters. The molecule has 0 aliphatic heterocycles. The smallest absolute Gasteiger partial charge is 0.313 e. The normalized spacial score (nSPS) is 11.7. The van der Waals surface area contributed by atoms with Crippen LogP contribution in [0.5, 0.6) is 0 Å². The molecular weight excluding hydrogens is 190 g/mol. The van der Waals surface area contributed by atoms with Crippen LogP contribution in [0.25, 0.3) is 0 Å². The van der Waals surface area contributed by atoms with E-state index in [1.54, 1.807) is 24.8 Å². The van der Waals surface area contributed by atoms with Crippen LogP contribution in [0.15, 0.2) is 42.2 Å². The van der Waals surface area contributed by atoms with Gasteiger partial charge in [-0.1, -0.05) is 0 Å². The quantitative estimate of drug-likeness (QED) is 0.605. The lowest BCUT2D eigenvalue weighted by Crippen LogP contribution is -2.29. The van der Waals surface area contributed by atoms with Crippen molar-refractivity contribution >= 4 is 5.82 Å². The van der Waals surface area contributed by atoms with Crippen LogP contribution in [0, 0.1) is 0 Å². The number of hydrogen-bond acceptors (Lipinski definition) is 3. The zero-order valence-corrected chi connectivity index (χ0v) is 8.70. The first-order valence-corrected chi connectivity index (χ1v) is 4.58. The lowest BCUT2D eigenvalue weighted by molar-refractivity contribution is -0.659. The Hall–Kier alpha value is -2.04. The predicted molar refractivity (Wildman–Crippen MR) is 53.8 cm³/mol. The van der Waals surface area contributed by atoms with Gasteiger partial charge in [-0.25, -0.2) is 4.57 Å². The average Bonchev–Trinajstić information content (AvgIpc) is 2.24. The van der Waals surface area contributed by atoms with E-state index in [0.717, 1.165) is 11.3 Å². The van der Waals surface area contributed by atoms with Crippen molar-refractivity contribution in [3.63, 3.8) is 0 Å². The highest BCUT2D eigenvalue weighted by atomic mass is 15.1. The minimum atomic E-state index is 0.793. The molecule has 2 heterocycles. The highest BCUT2D eigenvalue weighted by Gasteiger charge is 2.04. The number of aryl methyl sites for hydroxylation is 2. The molecule has 0 radical (unpaired) electrons. The van der Waals surface area contributed by atoms with Crippen LogP contribution in [0.4, 0.5) is 5.82 Å². The van der Waals surface area contributed by atoms with E-state index in [1.165, 1.54) is 0 Å². The first kappa shape index (κ1) is 9.51. The molecule has 2 aromatic heterocycles. The Morgan fingerprint density at radius 2 is 2.07 bits per heavy atom. The van der Waals surface area contributed by atoms with E-state index in [2.05, 4.69) is 15.0 Å². The maximum absolute atomic E-state index is 4.44. The van der Waals surface area contributed by atoms with E-state index in [1.807, 2.05) is 35.6 Å². The van der Waals surface area contributed by atoms with Gasteiger partial charge < -0.3 is 4.57 Å². The Kier molecular flexibility index (Phi) is 2.53. The molecule has 15 heavy (non-hydrogen) atoms. The van der Waals surface area contributed by atoms with Gasteiger partial charge in [0.1, 0.15) is 12.4 Å². The van der Waals surface area contributed by atoms with Crippen molar-refractivity contribution in [1.29, 1.82) is 0 Å². The molecule has 5 nitrogen and oxygen atoms in total. The Bertz CT molecular complexity index is 529. The third kappa shape index (κ3) is 2.07. The molecule has 0 aliphatic carbocycles. The molecule has 0 aliphatic rings. The average molecular weight is 202 g/mol. The molecule has 0 amide bonds. The number of rotatable bonds is 1. The summed E-state index contributed by atoms with van der Waals surface area (Å²) >= 11 is 0. The molecule has 5 heteroatoms. The van der Waals surface area contributed by atoms with Crippen molar-refractivity contribution in [1.82, 2.24) is 14.5 Å². The monoisotopic (exact) mass is 202 g/mol. The van der Waals surface area contributed by atoms with Crippen molar-refractivity contribution in [2.24, 2.45) is 19.1 Å². The van der Waals surface area contributed by atoms with Crippen LogP contribution in [0.1, 0.15) is 0 Å². The van der Waals surface area contributed by atoms with Crippen molar-refractivity contribution in [2.45, 2.75) is 0 Å². The summed E-state index contributed by atoms with van der Waals surface area (Å²) in [6.45, 7) is 0. The highest BCUT2D eigenvalue weighted by Crippen LogP contribution is 1.97. The van der Waals surface area contributed by atoms with Crippen molar-refractivity contribution < 1.29 is 4.57 Å². The van der Waals surface area contributed by atoms with Gasteiger partial charge in [-0.05, 0) is 4.99 Å². The standard InChI is InChI=1S/C10H12N5/c1-14-5-3-11-7-9(14)13-10-8-12-4-6-15(10)2/h3-8H,1-2H3/q+1. The van der Waals surface area contributed by atoms with Gasteiger partial charge in [0.25, 0.3) is 5.49 Å². The summed E-state index contributed by atoms with van der Waals surface area (Å²) in [5, 5.41) is 0. The second kappa shape index (κ2) is 4.00. The van der Waals surface area contributed by atoms with Gasteiger partial charge in [0.15, 0.2) is 0 Å². The van der Waals surface area contributed by atoms with E-state index in [4.69, 9.17) is 0 Å². The topological polar surface area (TPSA) is 47.0 Å². The van der Waals surface area contributed by atoms with Gasteiger partial charge in [-0.2, -0.15) is 0 Å². The highest BCUT2D eigenvalue weighted by molar-refractivity contribution is 5.13. The lowest BCUT2D eigenvalue weighted by atomic mass is 10.6. The first-order valence-electron chi connectivity index (χ1n) is 4.58. The molecule has 76 valence electrons. The van der Waals surface area contributed by atoms with Crippen molar-refractivity contribution in [3.8, 4) is 0 Å². The Morgan fingerprint density at radius 1 is 1.27 bits per heavy atom. The number of aromatic nitrogens is 4. The lowest BCUT2D eigenvalue weighted by Gasteiger charge is -1.94. The van der Waals surface area contributed by atoms with Gasteiger partial charge >= 0.3 is 5.82 Å². The molecule has 2 aromatic rings. The van der Waals surface area contributed by atoms with Gasteiger partial charge in [0.2, 0.25) is 0 Å². The number of nitrogens with zero attached hydrogens (tertiary/aromatic N) is 5. The third-order valence-corrected chi connectivity index (χ3v) is 2.08. The maximum atomic E-state index is 4.44. The van der Waals surface area contributed by atoms with Gasteiger partial charge in [0.05, 0.1) is 19.4 Å². The molecule has 0 bridgehead atoms.